The van der Waals surface area contributed by atoms with E-state index in [0.717, 1.165) is 19.4 Å². The molecule has 136 valence electrons. The summed E-state index contributed by atoms with van der Waals surface area (Å²) in [5.41, 5.74) is -0.718. The first-order chi connectivity index (χ1) is 12.6. The number of hydrogen-bond donors (Lipinski definition) is 1. The fraction of sp³-hybridized carbons (Fsp3) is 0.409. The largest absolute Gasteiger partial charge is 0.460 e. The highest BCUT2D eigenvalue weighted by Crippen LogP contribution is 2.38. The van der Waals surface area contributed by atoms with E-state index in [1.165, 1.54) is 6.42 Å². The van der Waals surface area contributed by atoms with E-state index in [4.69, 9.17) is 4.74 Å². The number of hydrogen-bond acceptors (Lipinski definition) is 4. The van der Waals surface area contributed by atoms with Gasteiger partial charge in [-0.15, -0.1) is 0 Å². The fourth-order valence-electron chi connectivity index (χ4n) is 4.51. The summed E-state index contributed by atoms with van der Waals surface area (Å²) in [6.07, 6.45) is 2.78. The van der Waals surface area contributed by atoms with E-state index in [2.05, 4.69) is 11.9 Å². The Morgan fingerprint density at radius 1 is 1.00 bits per heavy atom. The molecule has 4 heteroatoms. The SMILES string of the molecule is CN1CC2CC1C[C@H](OC(=O)C(O)(c1ccccc1)c1ccccc1)C2. The highest BCUT2D eigenvalue weighted by Gasteiger charge is 2.45. The molecule has 1 saturated carbocycles. The van der Waals surface area contributed by atoms with E-state index >= 15 is 0 Å². The van der Waals surface area contributed by atoms with Crippen LogP contribution in [-0.4, -0.2) is 41.7 Å². The first-order valence-electron chi connectivity index (χ1n) is 9.32. The van der Waals surface area contributed by atoms with E-state index in [-0.39, 0.29) is 6.10 Å². The number of nitrogens with zero attached hydrogens (tertiary/aromatic N) is 1. The van der Waals surface area contributed by atoms with Crippen LogP contribution >= 0.6 is 0 Å². The van der Waals surface area contributed by atoms with Crippen LogP contribution in [0, 0.1) is 5.92 Å². The van der Waals surface area contributed by atoms with Gasteiger partial charge in [0.25, 0.3) is 0 Å². The Morgan fingerprint density at radius 2 is 1.58 bits per heavy atom. The molecule has 2 aliphatic rings. The van der Waals surface area contributed by atoms with Gasteiger partial charge in [-0.05, 0) is 43.4 Å². The zero-order valence-electron chi connectivity index (χ0n) is 15.0. The minimum Gasteiger partial charge on any atom is -0.460 e. The van der Waals surface area contributed by atoms with E-state index < -0.39 is 11.6 Å². The molecule has 0 spiro atoms. The normalized spacial score (nSPS) is 25.8. The molecule has 4 nitrogen and oxygen atoms in total. The zero-order chi connectivity index (χ0) is 18.1. The maximum absolute atomic E-state index is 13.2. The second-order valence-corrected chi connectivity index (χ2v) is 7.64. The van der Waals surface area contributed by atoms with E-state index in [1.807, 2.05) is 36.4 Å². The van der Waals surface area contributed by atoms with Crippen molar-refractivity contribution in [1.82, 2.24) is 4.90 Å². The highest BCUT2D eigenvalue weighted by molar-refractivity contribution is 5.85. The lowest BCUT2D eigenvalue weighted by atomic mass is 9.85. The fourth-order valence-corrected chi connectivity index (χ4v) is 4.51. The number of esters is 1. The average Bonchev–Trinajstić information content (AvgIpc) is 2.94. The molecule has 0 aromatic heterocycles. The number of ether oxygens (including phenoxy) is 1. The van der Waals surface area contributed by atoms with Crippen molar-refractivity contribution in [3.8, 4) is 0 Å². The molecular formula is C22H25NO3. The van der Waals surface area contributed by atoms with Crippen LogP contribution in [0.4, 0.5) is 0 Å². The van der Waals surface area contributed by atoms with Crippen molar-refractivity contribution in [3.63, 3.8) is 0 Å². The first kappa shape index (κ1) is 17.3. The third kappa shape index (κ3) is 3.04. The van der Waals surface area contributed by atoms with E-state index in [0.29, 0.717) is 23.1 Å². The Balaban J connectivity index is 1.61. The Kier molecular flexibility index (Phi) is 4.55. The monoisotopic (exact) mass is 351 g/mol. The third-order valence-corrected chi connectivity index (χ3v) is 5.86. The summed E-state index contributed by atoms with van der Waals surface area (Å²) in [4.78, 5) is 15.5. The minimum absolute atomic E-state index is 0.129. The van der Waals surface area contributed by atoms with Gasteiger partial charge in [0.1, 0.15) is 6.10 Å². The van der Waals surface area contributed by atoms with Gasteiger partial charge >= 0.3 is 5.97 Å². The van der Waals surface area contributed by atoms with Crippen LogP contribution in [0.1, 0.15) is 30.4 Å². The van der Waals surface area contributed by atoms with Crippen molar-refractivity contribution in [2.75, 3.05) is 13.6 Å². The topological polar surface area (TPSA) is 49.8 Å². The Bertz CT molecular complexity index is 720. The molecule has 2 unspecified atom stereocenters. The van der Waals surface area contributed by atoms with Gasteiger partial charge in [-0.3, -0.25) is 0 Å². The zero-order valence-corrected chi connectivity index (χ0v) is 15.0. The van der Waals surface area contributed by atoms with Crippen LogP contribution in [0.15, 0.2) is 60.7 Å². The maximum Gasteiger partial charge on any atom is 0.347 e. The minimum atomic E-state index is -1.79. The van der Waals surface area contributed by atoms with Crippen LogP contribution in [0.2, 0.25) is 0 Å². The molecule has 4 rings (SSSR count). The molecule has 1 N–H and O–H groups in total. The maximum atomic E-state index is 13.2. The summed E-state index contributed by atoms with van der Waals surface area (Å²) >= 11 is 0. The van der Waals surface area contributed by atoms with E-state index in [9.17, 15) is 9.90 Å². The number of benzene rings is 2. The number of carbonyl (C=O) groups excluding carboxylic acids is 1. The average molecular weight is 351 g/mol. The highest BCUT2D eigenvalue weighted by atomic mass is 16.6. The summed E-state index contributed by atoms with van der Waals surface area (Å²) in [6, 6.07) is 18.6. The van der Waals surface area contributed by atoms with Crippen LogP contribution in [0.3, 0.4) is 0 Å². The standard InChI is InChI=1S/C22H25NO3/c1-23-15-16-12-19(23)14-20(13-16)26-21(24)22(25,17-8-4-2-5-9-17)18-10-6-3-7-11-18/h2-11,16,19-20,25H,12-15H2,1H3/t16?,19?,20-/m1/s1. The molecule has 2 fully saturated rings. The summed E-state index contributed by atoms with van der Waals surface area (Å²) in [7, 11) is 2.14. The van der Waals surface area contributed by atoms with Crippen molar-refractivity contribution < 1.29 is 14.6 Å². The number of fused-ring (bicyclic) bond motifs is 2. The molecule has 0 radical (unpaired) electrons. The molecule has 2 bridgehead atoms. The summed E-state index contributed by atoms with van der Waals surface area (Å²) in [5, 5.41) is 11.5. The van der Waals surface area contributed by atoms with Gasteiger partial charge in [-0.1, -0.05) is 60.7 Å². The number of carbonyl (C=O) groups is 1. The van der Waals surface area contributed by atoms with Crippen molar-refractivity contribution in [1.29, 1.82) is 0 Å². The lowest BCUT2D eigenvalue weighted by Crippen LogP contribution is -2.42. The van der Waals surface area contributed by atoms with Crippen molar-refractivity contribution in [2.45, 2.75) is 37.0 Å². The quantitative estimate of drug-likeness (QED) is 0.861. The lowest BCUT2D eigenvalue weighted by molar-refractivity contribution is -0.170. The molecule has 1 aliphatic heterocycles. The van der Waals surface area contributed by atoms with Gasteiger partial charge in [0, 0.05) is 12.6 Å². The van der Waals surface area contributed by atoms with Crippen LogP contribution in [-0.2, 0) is 15.1 Å². The van der Waals surface area contributed by atoms with Crippen molar-refractivity contribution in [2.24, 2.45) is 5.92 Å². The molecule has 0 amide bonds. The number of aliphatic hydroxyl groups is 1. The van der Waals surface area contributed by atoms with Gasteiger partial charge < -0.3 is 14.7 Å². The predicted octanol–water partition coefficient (Wildman–Crippen LogP) is 2.95. The smallest absolute Gasteiger partial charge is 0.347 e. The molecule has 2 aromatic carbocycles. The molecule has 1 aliphatic carbocycles. The second kappa shape index (κ2) is 6.86. The molecule has 2 aromatic rings. The van der Waals surface area contributed by atoms with Gasteiger partial charge in [0.05, 0.1) is 0 Å². The van der Waals surface area contributed by atoms with E-state index in [1.54, 1.807) is 24.3 Å². The lowest BCUT2D eigenvalue weighted by Gasteiger charge is -2.32. The predicted molar refractivity (Wildman–Crippen MR) is 99.5 cm³/mol. The Hall–Kier alpha value is -2.17. The van der Waals surface area contributed by atoms with Crippen molar-refractivity contribution in [3.05, 3.63) is 71.8 Å². The first-order valence-corrected chi connectivity index (χ1v) is 9.32. The molecule has 1 heterocycles. The van der Waals surface area contributed by atoms with Gasteiger partial charge in [-0.2, -0.15) is 0 Å². The van der Waals surface area contributed by atoms with Crippen LogP contribution < -0.4 is 0 Å². The van der Waals surface area contributed by atoms with Crippen molar-refractivity contribution >= 4 is 5.97 Å². The van der Waals surface area contributed by atoms with Gasteiger partial charge in [0.2, 0.25) is 5.60 Å². The Morgan fingerprint density at radius 3 is 2.12 bits per heavy atom. The van der Waals surface area contributed by atoms with Gasteiger partial charge in [-0.25, -0.2) is 4.79 Å². The molecule has 26 heavy (non-hydrogen) atoms. The second-order valence-electron chi connectivity index (χ2n) is 7.64. The number of rotatable bonds is 4. The Labute approximate surface area is 154 Å². The van der Waals surface area contributed by atoms with Crippen LogP contribution in [0.25, 0.3) is 0 Å². The molecule has 1 saturated heterocycles. The third-order valence-electron chi connectivity index (χ3n) is 5.86. The van der Waals surface area contributed by atoms with Crippen LogP contribution in [0.5, 0.6) is 0 Å². The number of likely N-dealkylation sites (tertiary alicyclic amines) is 1. The molecule has 3 atom stereocenters. The van der Waals surface area contributed by atoms with Gasteiger partial charge in [0.15, 0.2) is 0 Å². The summed E-state index contributed by atoms with van der Waals surface area (Å²) < 4.78 is 5.88. The molecular weight excluding hydrogens is 326 g/mol. The summed E-state index contributed by atoms with van der Waals surface area (Å²) in [6.45, 7) is 1.07. The summed E-state index contributed by atoms with van der Waals surface area (Å²) in [5.74, 6) is 0.00180.